The van der Waals surface area contributed by atoms with E-state index < -0.39 is 0 Å². The Bertz CT molecular complexity index is 2050. The molecule has 0 fully saturated rings. The number of hydrogen-bond donors (Lipinski definition) is 0. The largest absolute Gasteiger partial charge is 0.458 e. The quantitative estimate of drug-likeness (QED) is 0.200. The maximum absolute atomic E-state index is 6.95. The van der Waals surface area contributed by atoms with Crippen LogP contribution in [-0.2, 0) is 0 Å². The number of fused-ring (bicyclic) bond motifs is 4. The molecule has 2 aliphatic heterocycles. The highest BCUT2D eigenvalue weighted by Gasteiger charge is 2.43. The predicted molar refractivity (Wildman–Crippen MR) is 181 cm³/mol. The molecule has 0 aliphatic carbocycles. The van der Waals surface area contributed by atoms with Crippen molar-refractivity contribution >= 4 is 23.1 Å². The average molecular weight is 576 g/mol. The second kappa shape index (κ2) is 10.4. The van der Waals surface area contributed by atoms with Crippen molar-refractivity contribution in [1.29, 1.82) is 0 Å². The Kier molecular flexibility index (Phi) is 5.88. The fourth-order valence-corrected chi connectivity index (χ4v) is 6.67. The summed E-state index contributed by atoms with van der Waals surface area (Å²) in [5.41, 5.74) is 11.7. The SMILES string of the molecule is c1ccc(-c2ccc3c(c2)Oc2c(-c4cccnc4)cc(-c4cccnc4)c4c2B3c2ccc(-c3ccccc3)cc2O4)cc1. The fraction of sp³-hybridized carbons (Fsp3) is 0. The topological polar surface area (TPSA) is 44.2 Å². The lowest BCUT2D eigenvalue weighted by atomic mass is 9.34. The minimum atomic E-state index is -0.0933. The molecule has 9 rings (SSSR count). The summed E-state index contributed by atoms with van der Waals surface area (Å²) in [6.45, 7) is -0.0933. The van der Waals surface area contributed by atoms with Crippen molar-refractivity contribution in [2.45, 2.75) is 0 Å². The van der Waals surface area contributed by atoms with Crippen LogP contribution in [0.1, 0.15) is 0 Å². The van der Waals surface area contributed by atoms with Crippen molar-refractivity contribution in [3.63, 3.8) is 0 Å². The molecule has 7 aromatic rings. The molecule has 210 valence electrons. The summed E-state index contributed by atoms with van der Waals surface area (Å²) in [4.78, 5) is 8.92. The Morgan fingerprint density at radius 2 is 0.889 bits per heavy atom. The lowest BCUT2D eigenvalue weighted by Gasteiger charge is -2.35. The van der Waals surface area contributed by atoms with E-state index in [0.29, 0.717) is 0 Å². The maximum atomic E-state index is 6.95. The number of hydrogen-bond acceptors (Lipinski definition) is 4. The van der Waals surface area contributed by atoms with Crippen LogP contribution in [0.3, 0.4) is 0 Å². The first-order chi connectivity index (χ1) is 22.3. The molecule has 0 saturated heterocycles. The van der Waals surface area contributed by atoms with Gasteiger partial charge in [0.25, 0.3) is 6.71 Å². The summed E-state index contributed by atoms with van der Waals surface area (Å²) in [5.74, 6) is 3.29. The van der Waals surface area contributed by atoms with Crippen LogP contribution < -0.4 is 25.9 Å². The molecule has 0 spiro atoms. The van der Waals surface area contributed by atoms with Gasteiger partial charge in [-0.2, -0.15) is 0 Å². The molecular formula is C40H25BN2O2. The maximum Gasteiger partial charge on any atom is 0.260 e. The van der Waals surface area contributed by atoms with Gasteiger partial charge in [0.05, 0.1) is 0 Å². The Hall–Kier alpha value is -5.94. The van der Waals surface area contributed by atoms with Crippen LogP contribution in [0.4, 0.5) is 0 Å². The van der Waals surface area contributed by atoms with Crippen molar-refractivity contribution < 1.29 is 9.47 Å². The molecule has 45 heavy (non-hydrogen) atoms. The van der Waals surface area contributed by atoms with Crippen molar-refractivity contribution in [2.75, 3.05) is 0 Å². The highest BCUT2D eigenvalue weighted by Crippen LogP contribution is 2.46. The standard InChI is InChI=1S/C40H25BN2O2/c1-3-9-26(10-4-1)28-15-17-34-36(21-28)44-39-32(30-13-7-19-42-24-30)23-33(31-14-8-20-43-25-31)40-38(39)41(34)35-18-16-29(22-37(35)45-40)27-11-5-2-6-12-27/h1-25H. The van der Waals surface area contributed by atoms with Crippen molar-refractivity contribution in [1.82, 2.24) is 9.97 Å². The molecule has 4 heterocycles. The Morgan fingerprint density at radius 1 is 0.422 bits per heavy atom. The molecule has 0 unspecified atom stereocenters. The first kappa shape index (κ1) is 25.6. The summed E-state index contributed by atoms with van der Waals surface area (Å²) in [5, 5.41) is 0. The number of aromatic nitrogens is 2. The third kappa shape index (κ3) is 4.24. The van der Waals surface area contributed by atoms with Crippen LogP contribution in [0.2, 0.25) is 0 Å². The number of pyridine rings is 2. The van der Waals surface area contributed by atoms with Gasteiger partial charge >= 0.3 is 0 Å². The van der Waals surface area contributed by atoms with Crippen LogP contribution in [0.15, 0.2) is 152 Å². The van der Waals surface area contributed by atoms with Crippen LogP contribution in [-0.4, -0.2) is 16.7 Å². The minimum Gasteiger partial charge on any atom is -0.458 e. The summed E-state index contributed by atoms with van der Waals surface area (Å²) in [6, 6.07) is 44.3. The van der Waals surface area contributed by atoms with Gasteiger partial charge in [-0.15, -0.1) is 0 Å². The molecule has 4 nitrogen and oxygen atoms in total. The summed E-state index contributed by atoms with van der Waals surface area (Å²) in [7, 11) is 0. The van der Waals surface area contributed by atoms with E-state index in [4.69, 9.17) is 9.47 Å². The third-order valence-electron chi connectivity index (χ3n) is 8.79. The zero-order valence-corrected chi connectivity index (χ0v) is 24.2. The van der Waals surface area contributed by atoms with Crippen molar-refractivity contribution in [3.05, 3.63) is 152 Å². The molecule has 5 heteroatoms. The van der Waals surface area contributed by atoms with Gasteiger partial charge in [-0.05, 0) is 63.5 Å². The summed E-state index contributed by atoms with van der Waals surface area (Å²) >= 11 is 0. The molecule has 0 atom stereocenters. The van der Waals surface area contributed by atoms with Gasteiger partial charge in [-0.3, -0.25) is 9.97 Å². The predicted octanol–water partition coefficient (Wildman–Crippen LogP) is 7.87. The molecule has 2 aliphatic rings. The van der Waals surface area contributed by atoms with Gasteiger partial charge in [0, 0.05) is 52.5 Å². The van der Waals surface area contributed by atoms with Crippen LogP contribution in [0, 0.1) is 0 Å². The minimum absolute atomic E-state index is 0.0933. The summed E-state index contributed by atoms with van der Waals surface area (Å²) < 4.78 is 13.9. The van der Waals surface area contributed by atoms with Gasteiger partial charge in [0.1, 0.15) is 23.0 Å². The zero-order chi connectivity index (χ0) is 29.7. The van der Waals surface area contributed by atoms with E-state index in [1.165, 1.54) is 0 Å². The van der Waals surface area contributed by atoms with Gasteiger partial charge < -0.3 is 9.47 Å². The second-order valence-electron chi connectivity index (χ2n) is 11.4. The van der Waals surface area contributed by atoms with Gasteiger partial charge in [-0.1, -0.05) is 97.1 Å². The van der Waals surface area contributed by atoms with Crippen LogP contribution >= 0.6 is 0 Å². The Morgan fingerprint density at radius 3 is 1.33 bits per heavy atom. The number of rotatable bonds is 4. The highest BCUT2D eigenvalue weighted by molar-refractivity contribution is 6.98. The van der Waals surface area contributed by atoms with E-state index in [9.17, 15) is 0 Å². The lowest BCUT2D eigenvalue weighted by Crippen LogP contribution is -2.57. The number of benzene rings is 5. The molecule has 5 aromatic carbocycles. The Balaban J connectivity index is 1.33. The van der Waals surface area contributed by atoms with E-state index in [1.807, 2.05) is 36.7 Å². The van der Waals surface area contributed by atoms with E-state index in [2.05, 4.69) is 113 Å². The van der Waals surface area contributed by atoms with E-state index in [1.54, 1.807) is 12.4 Å². The number of nitrogens with zero attached hydrogens (tertiary/aromatic N) is 2. The number of ether oxygens (including phenoxy) is 2. The van der Waals surface area contributed by atoms with Gasteiger partial charge in [0.2, 0.25) is 0 Å². The molecule has 0 radical (unpaired) electrons. The molecule has 0 saturated carbocycles. The Labute approximate surface area is 261 Å². The smallest absolute Gasteiger partial charge is 0.260 e. The molecule has 0 bridgehead atoms. The monoisotopic (exact) mass is 576 g/mol. The van der Waals surface area contributed by atoms with Gasteiger partial charge in [0.15, 0.2) is 0 Å². The normalized spacial score (nSPS) is 12.3. The molecule has 2 aromatic heterocycles. The van der Waals surface area contributed by atoms with Crippen LogP contribution in [0.25, 0.3) is 44.5 Å². The van der Waals surface area contributed by atoms with E-state index >= 15 is 0 Å². The van der Waals surface area contributed by atoms with Gasteiger partial charge in [-0.25, -0.2) is 0 Å². The fourth-order valence-electron chi connectivity index (χ4n) is 6.67. The first-order valence-electron chi connectivity index (χ1n) is 15.1. The molecular weight excluding hydrogens is 551 g/mol. The molecule has 0 N–H and O–H groups in total. The average Bonchev–Trinajstić information content (AvgIpc) is 3.12. The summed E-state index contributed by atoms with van der Waals surface area (Å²) in [6.07, 6.45) is 7.38. The van der Waals surface area contributed by atoms with E-state index in [-0.39, 0.29) is 6.71 Å². The zero-order valence-electron chi connectivity index (χ0n) is 24.2. The van der Waals surface area contributed by atoms with Crippen molar-refractivity contribution in [3.8, 4) is 67.5 Å². The lowest BCUT2D eigenvalue weighted by molar-refractivity contribution is 0.467. The second-order valence-corrected chi connectivity index (χ2v) is 11.4. The van der Waals surface area contributed by atoms with Crippen LogP contribution in [0.5, 0.6) is 23.0 Å². The first-order valence-corrected chi connectivity index (χ1v) is 15.1. The van der Waals surface area contributed by atoms with Crippen molar-refractivity contribution in [2.24, 2.45) is 0 Å². The highest BCUT2D eigenvalue weighted by atomic mass is 16.5. The van der Waals surface area contributed by atoms with E-state index in [0.717, 1.165) is 83.9 Å². The molecule has 0 amide bonds. The third-order valence-corrected chi connectivity index (χ3v) is 8.79.